The average Bonchev–Trinajstić information content (AvgIpc) is 2.54. The summed E-state index contributed by atoms with van der Waals surface area (Å²) in [6, 6.07) is 14.7. The van der Waals surface area contributed by atoms with Crippen molar-refractivity contribution in [1.29, 1.82) is 0 Å². The average molecular weight is 308 g/mol. The van der Waals surface area contributed by atoms with Crippen LogP contribution in [0.15, 0.2) is 65.7 Å². The Morgan fingerprint density at radius 1 is 1.14 bits per heavy atom. The molecule has 0 bridgehead atoms. The molecule has 1 aliphatic heterocycles. The fourth-order valence-electron chi connectivity index (χ4n) is 2.52. The van der Waals surface area contributed by atoms with Crippen molar-refractivity contribution in [2.24, 2.45) is 0 Å². The molecule has 0 saturated heterocycles. The van der Waals surface area contributed by atoms with Crippen LogP contribution in [0.25, 0.3) is 4.91 Å². The van der Waals surface area contributed by atoms with Crippen molar-refractivity contribution in [1.82, 2.24) is 0 Å². The number of nitrogens with two attached hydrogens (primary N) is 1. The molecule has 2 aromatic rings. The normalized spacial score (nSPS) is 13.8. The highest BCUT2D eigenvalue weighted by Crippen LogP contribution is 2.43. The zero-order valence-electron chi connectivity index (χ0n) is 13.0. The molecule has 0 unspecified atom stereocenters. The maximum atomic E-state index is 5.77. The van der Waals surface area contributed by atoms with Crippen LogP contribution in [0.3, 0.4) is 0 Å². The third-order valence-corrected chi connectivity index (χ3v) is 5.00. The molecular formula is C19H20N2S. The van der Waals surface area contributed by atoms with E-state index in [1.807, 2.05) is 12.1 Å². The van der Waals surface area contributed by atoms with Crippen molar-refractivity contribution >= 4 is 28.0 Å². The molecule has 3 heteroatoms. The van der Waals surface area contributed by atoms with Crippen molar-refractivity contribution in [2.45, 2.75) is 18.2 Å². The number of hydrogen-bond acceptors (Lipinski definition) is 3. The number of fused-ring (bicyclic) bond motifs is 1. The maximum Gasteiger partial charge on any atom is 0.0493 e. The second-order valence-corrected chi connectivity index (χ2v) is 6.55. The Morgan fingerprint density at radius 2 is 1.86 bits per heavy atom. The molecule has 1 heterocycles. The highest BCUT2D eigenvalue weighted by Gasteiger charge is 2.19. The minimum Gasteiger partial charge on any atom is -0.399 e. The van der Waals surface area contributed by atoms with E-state index in [9.17, 15) is 0 Å². The summed E-state index contributed by atoms with van der Waals surface area (Å²) in [6.45, 7) is 6.34. The predicted molar refractivity (Wildman–Crippen MR) is 98.1 cm³/mol. The van der Waals surface area contributed by atoms with Gasteiger partial charge in [0.15, 0.2) is 0 Å². The monoisotopic (exact) mass is 308 g/mol. The lowest BCUT2D eigenvalue weighted by atomic mass is 10.0. The van der Waals surface area contributed by atoms with Crippen LogP contribution in [-0.2, 0) is 6.42 Å². The number of nitrogens with zero attached hydrogens (tertiary/aromatic N) is 1. The quantitative estimate of drug-likeness (QED) is 0.815. The number of thioether (sulfide) groups is 1. The van der Waals surface area contributed by atoms with E-state index in [-0.39, 0.29) is 0 Å². The van der Waals surface area contributed by atoms with Gasteiger partial charge in [-0.3, -0.25) is 0 Å². The van der Waals surface area contributed by atoms with Gasteiger partial charge in [-0.25, -0.2) is 0 Å². The number of likely N-dealkylation sites (N-methyl/N-ethyl adjacent to an activating group) is 1. The molecule has 0 radical (unpaired) electrons. The SMILES string of the molecule is C=C1C=C(Sc2ccc(N)cc2)c2cc(CC)ccc2N1C. The van der Waals surface area contributed by atoms with Gasteiger partial charge in [0.05, 0.1) is 0 Å². The van der Waals surface area contributed by atoms with E-state index in [4.69, 9.17) is 5.73 Å². The van der Waals surface area contributed by atoms with E-state index in [2.05, 4.69) is 61.9 Å². The number of rotatable bonds is 3. The molecule has 0 spiro atoms. The standard InChI is InChI=1S/C19H20N2S/c1-4-14-5-10-18-17(12-14)19(11-13(2)21(18)3)22-16-8-6-15(20)7-9-16/h5-12H,2,4,20H2,1,3H3. The van der Waals surface area contributed by atoms with Crippen LogP contribution in [0.2, 0.25) is 0 Å². The smallest absolute Gasteiger partial charge is 0.0493 e. The molecule has 0 saturated carbocycles. The fraction of sp³-hybridized carbons (Fsp3) is 0.158. The van der Waals surface area contributed by atoms with Gasteiger partial charge in [-0.15, -0.1) is 0 Å². The summed E-state index contributed by atoms with van der Waals surface area (Å²) in [4.78, 5) is 4.56. The second-order valence-electron chi connectivity index (χ2n) is 5.44. The summed E-state index contributed by atoms with van der Waals surface area (Å²) >= 11 is 1.76. The minimum atomic E-state index is 0.791. The van der Waals surface area contributed by atoms with Gasteiger partial charge in [0.25, 0.3) is 0 Å². The topological polar surface area (TPSA) is 29.3 Å². The Labute approximate surface area is 136 Å². The van der Waals surface area contributed by atoms with Crippen molar-refractivity contribution in [3.8, 4) is 0 Å². The van der Waals surface area contributed by atoms with Crippen LogP contribution >= 0.6 is 11.8 Å². The van der Waals surface area contributed by atoms with Crippen molar-refractivity contribution in [3.05, 3.63) is 71.9 Å². The van der Waals surface area contributed by atoms with Crippen molar-refractivity contribution in [2.75, 3.05) is 17.7 Å². The maximum absolute atomic E-state index is 5.77. The molecule has 0 aromatic heterocycles. The second kappa shape index (κ2) is 5.93. The van der Waals surface area contributed by atoms with Gasteiger partial charge in [-0.1, -0.05) is 31.3 Å². The molecule has 0 fully saturated rings. The highest BCUT2D eigenvalue weighted by atomic mass is 32.2. The first-order chi connectivity index (χ1) is 10.6. The highest BCUT2D eigenvalue weighted by molar-refractivity contribution is 8.08. The first-order valence-electron chi connectivity index (χ1n) is 7.39. The summed E-state index contributed by atoms with van der Waals surface area (Å²) in [7, 11) is 2.06. The molecule has 112 valence electrons. The molecule has 22 heavy (non-hydrogen) atoms. The lowest BCUT2D eigenvalue weighted by Crippen LogP contribution is -2.19. The Kier molecular flexibility index (Phi) is 3.99. The third kappa shape index (κ3) is 2.77. The van der Waals surface area contributed by atoms with Gasteiger partial charge in [-0.05, 0) is 54.5 Å². The van der Waals surface area contributed by atoms with Gasteiger partial charge < -0.3 is 10.6 Å². The summed E-state index contributed by atoms with van der Waals surface area (Å²) in [5, 5.41) is 0. The van der Waals surface area contributed by atoms with Crippen molar-refractivity contribution < 1.29 is 0 Å². The fourth-order valence-corrected chi connectivity index (χ4v) is 3.52. The lowest BCUT2D eigenvalue weighted by Gasteiger charge is -2.29. The molecule has 2 aromatic carbocycles. The van der Waals surface area contributed by atoms with E-state index < -0.39 is 0 Å². The molecule has 3 rings (SSSR count). The largest absolute Gasteiger partial charge is 0.399 e. The molecule has 0 atom stereocenters. The predicted octanol–water partition coefficient (Wildman–Crippen LogP) is 4.93. The Balaban J connectivity index is 2.02. The van der Waals surface area contributed by atoms with Gasteiger partial charge in [0.1, 0.15) is 0 Å². The summed E-state index contributed by atoms with van der Waals surface area (Å²) < 4.78 is 0. The van der Waals surface area contributed by atoms with Crippen LogP contribution < -0.4 is 10.6 Å². The molecule has 0 amide bonds. The molecule has 2 N–H and O–H groups in total. The number of anilines is 2. The van der Waals surface area contributed by atoms with Crippen LogP contribution in [-0.4, -0.2) is 7.05 Å². The Morgan fingerprint density at radius 3 is 2.55 bits per heavy atom. The van der Waals surface area contributed by atoms with E-state index in [0.717, 1.165) is 17.8 Å². The summed E-state index contributed by atoms with van der Waals surface area (Å²) in [5.41, 5.74) is 11.4. The molecule has 1 aliphatic rings. The Hall–Kier alpha value is -2.13. The summed E-state index contributed by atoms with van der Waals surface area (Å²) in [5.74, 6) is 0. The van der Waals surface area contributed by atoms with Gasteiger partial charge >= 0.3 is 0 Å². The number of hydrogen-bond donors (Lipinski definition) is 1. The molecule has 0 aliphatic carbocycles. The number of allylic oxidation sites excluding steroid dienone is 1. The molecule has 2 nitrogen and oxygen atoms in total. The van der Waals surface area contributed by atoms with E-state index in [1.165, 1.54) is 26.6 Å². The summed E-state index contributed by atoms with van der Waals surface area (Å²) in [6.07, 6.45) is 3.19. The number of nitrogen functional groups attached to an aromatic ring is 1. The van der Waals surface area contributed by atoms with E-state index in [1.54, 1.807) is 11.8 Å². The zero-order chi connectivity index (χ0) is 15.7. The lowest BCUT2D eigenvalue weighted by molar-refractivity contribution is 1.10. The van der Waals surface area contributed by atoms with E-state index in [0.29, 0.717) is 0 Å². The van der Waals surface area contributed by atoms with Gasteiger partial charge in [0, 0.05) is 39.5 Å². The van der Waals surface area contributed by atoms with Crippen molar-refractivity contribution in [3.63, 3.8) is 0 Å². The van der Waals surface area contributed by atoms with Crippen LogP contribution in [0.5, 0.6) is 0 Å². The number of aryl methyl sites for hydroxylation is 1. The zero-order valence-corrected chi connectivity index (χ0v) is 13.8. The van der Waals surface area contributed by atoms with Gasteiger partial charge in [-0.2, -0.15) is 0 Å². The van der Waals surface area contributed by atoms with E-state index >= 15 is 0 Å². The van der Waals surface area contributed by atoms with Crippen LogP contribution in [0.4, 0.5) is 11.4 Å². The minimum absolute atomic E-state index is 0.791. The first kappa shape index (κ1) is 14.8. The molecular weight excluding hydrogens is 288 g/mol. The number of benzene rings is 2. The van der Waals surface area contributed by atoms with Crippen LogP contribution in [0.1, 0.15) is 18.1 Å². The van der Waals surface area contributed by atoms with Gasteiger partial charge in [0.2, 0.25) is 0 Å². The van der Waals surface area contributed by atoms with Crippen LogP contribution in [0, 0.1) is 0 Å². The third-order valence-electron chi connectivity index (χ3n) is 3.93. The Bertz CT molecular complexity index is 745. The first-order valence-corrected chi connectivity index (χ1v) is 8.21.